The number of fused-ring (bicyclic) bond motifs is 3. The van der Waals surface area contributed by atoms with Gasteiger partial charge in [-0.25, -0.2) is 9.78 Å². The summed E-state index contributed by atoms with van der Waals surface area (Å²) in [4.78, 5) is 17.3. The van der Waals surface area contributed by atoms with Gasteiger partial charge in [-0.3, -0.25) is 0 Å². The van der Waals surface area contributed by atoms with Gasteiger partial charge in [0.2, 0.25) is 0 Å². The largest absolute Gasteiger partial charge is 0.497 e. The fourth-order valence-corrected chi connectivity index (χ4v) is 4.33. The highest BCUT2D eigenvalue weighted by Gasteiger charge is 2.27. The molecule has 6 heteroatoms. The number of pyridine rings is 1. The number of hydrogen-bond donors (Lipinski definition) is 1. The van der Waals surface area contributed by atoms with E-state index in [0.717, 1.165) is 42.5 Å². The monoisotopic (exact) mass is 393 g/mol. The summed E-state index contributed by atoms with van der Waals surface area (Å²) in [6, 6.07) is 8.09. The summed E-state index contributed by atoms with van der Waals surface area (Å²) in [5.41, 5.74) is 12.6. The molecule has 1 aliphatic rings. The quantitative estimate of drug-likeness (QED) is 0.662. The zero-order chi connectivity index (χ0) is 20.5. The number of nitrogen functional groups attached to an aromatic ring is 1. The second-order valence-electron chi connectivity index (χ2n) is 7.47. The van der Waals surface area contributed by atoms with Crippen molar-refractivity contribution in [1.82, 2.24) is 9.55 Å². The van der Waals surface area contributed by atoms with Crippen LogP contribution in [0.4, 0.5) is 5.69 Å². The molecular weight excluding hydrogens is 366 g/mol. The number of nitrogens with zero attached hydrogens (tertiary/aromatic N) is 2. The molecule has 2 aromatic heterocycles. The zero-order valence-corrected chi connectivity index (χ0v) is 17.2. The number of nitrogens with two attached hydrogens (primary N) is 1. The van der Waals surface area contributed by atoms with Crippen molar-refractivity contribution >= 4 is 22.7 Å². The molecule has 4 rings (SSSR count). The molecule has 0 atom stereocenters. The number of hydrogen-bond acceptors (Lipinski definition) is 5. The second-order valence-corrected chi connectivity index (χ2v) is 7.47. The first-order valence-electron chi connectivity index (χ1n) is 10.1. The first kappa shape index (κ1) is 19.3. The standard InChI is InChI=1S/C23H27N3O3/c1-4-29-23(27)19-14(2)25-22-20(21(19)24)17-7-5-6-8-18(17)26(22)13-15-9-11-16(28-3)12-10-15/h9-12H,4-8,13H2,1-3H3,(H2,24,25). The van der Waals surface area contributed by atoms with Crippen LogP contribution in [0.2, 0.25) is 0 Å². The van der Waals surface area contributed by atoms with Gasteiger partial charge in [0.05, 0.1) is 25.1 Å². The van der Waals surface area contributed by atoms with Gasteiger partial charge in [0.1, 0.15) is 17.0 Å². The Kier molecular flexibility index (Phi) is 5.18. The zero-order valence-electron chi connectivity index (χ0n) is 17.2. The fourth-order valence-electron chi connectivity index (χ4n) is 4.33. The van der Waals surface area contributed by atoms with E-state index in [-0.39, 0.29) is 0 Å². The van der Waals surface area contributed by atoms with E-state index in [2.05, 4.69) is 16.7 Å². The molecule has 0 saturated carbocycles. The van der Waals surface area contributed by atoms with Crippen LogP contribution < -0.4 is 10.5 Å². The lowest BCUT2D eigenvalue weighted by atomic mass is 9.94. The number of rotatable bonds is 5. The Morgan fingerprint density at radius 2 is 1.93 bits per heavy atom. The predicted molar refractivity (Wildman–Crippen MR) is 114 cm³/mol. The molecule has 2 N–H and O–H groups in total. The van der Waals surface area contributed by atoms with Gasteiger partial charge in [0.25, 0.3) is 0 Å². The molecule has 0 amide bonds. The van der Waals surface area contributed by atoms with Crippen LogP contribution in [-0.2, 0) is 24.1 Å². The molecule has 3 aromatic rings. The van der Waals surface area contributed by atoms with Gasteiger partial charge in [0.15, 0.2) is 0 Å². The molecule has 0 radical (unpaired) electrons. The predicted octanol–water partition coefficient (Wildman–Crippen LogP) is 4.04. The van der Waals surface area contributed by atoms with Crippen molar-refractivity contribution in [3.63, 3.8) is 0 Å². The molecule has 0 saturated heterocycles. The molecule has 6 nitrogen and oxygen atoms in total. The Morgan fingerprint density at radius 3 is 2.62 bits per heavy atom. The molecule has 1 aromatic carbocycles. The first-order chi connectivity index (χ1) is 14.0. The number of ether oxygens (including phenoxy) is 2. The van der Waals surface area contributed by atoms with Gasteiger partial charge < -0.3 is 19.8 Å². The van der Waals surface area contributed by atoms with Crippen molar-refractivity contribution in [3.8, 4) is 5.75 Å². The van der Waals surface area contributed by atoms with Crippen LogP contribution in [0.15, 0.2) is 24.3 Å². The lowest BCUT2D eigenvalue weighted by Crippen LogP contribution is -2.12. The SMILES string of the molecule is CCOC(=O)c1c(C)nc2c(c1N)c1c(n2Cc2ccc(OC)cc2)CCCC1. The number of anilines is 1. The number of aryl methyl sites for hydroxylation is 2. The van der Waals surface area contributed by atoms with Crippen LogP contribution in [-0.4, -0.2) is 29.2 Å². The van der Waals surface area contributed by atoms with Crippen molar-refractivity contribution in [3.05, 3.63) is 52.3 Å². The third-order valence-electron chi connectivity index (χ3n) is 5.70. The van der Waals surface area contributed by atoms with E-state index in [4.69, 9.17) is 20.2 Å². The number of esters is 1. The summed E-state index contributed by atoms with van der Waals surface area (Å²) in [6.07, 6.45) is 4.22. The molecule has 0 bridgehead atoms. The maximum absolute atomic E-state index is 12.5. The Hall–Kier alpha value is -3.02. The van der Waals surface area contributed by atoms with Crippen molar-refractivity contribution in [2.75, 3.05) is 19.5 Å². The van der Waals surface area contributed by atoms with Crippen molar-refractivity contribution < 1.29 is 14.3 Å². The summed E-state index contributed by atoms with van der Waals surface area (Å²) >= 11 is 0. The molecule has 152 valence electrons. The minimum Gasteiger partial charge on any atom is -0.497 e. The molecule has 29 heavy (non-hydrogen) atoms. The van der Waals surface area contributed by atoms with E-state index < -0.39 is 5.97 Å². The topological polar surface area (TPSA) is 79.4 Å². The van der Waals surface area contributed by atoms with Crippen molar-refractivity contribution in [2.45, 2.75) is 46.1 Å². The molecular formula is C23H27N3O3. The highest BCUT2D eigenvalue weighted by Crippen LogP contribution is 2.37. The highest BCUT2D eigenvalue weighted by molar-refractivity contribution is 6.06. The molecule has 0 fully saturated rings. The minimum absolute atomic E-state index is 0.312. The van der Waals surface area contributed by atoms with Crippen LogP contribution in [0.1, 0.15) is 52.6 Å². The van der Waals surface area contributed by atoms with Crippen LogP contribution in [0.25, 0.3) is 11.0 Å². The lowest BCUT2D eigenvalue weighted by Gasteiger charge is -2.16. The fraction of sp³-hybridized carbons (Fsp3) is 0.391. The summed E-state index contributed by atoms with van der Waals surface area (Å²) < 4.78 is 12.8. The Morgan fingerprint density at radius 1 is 1.21 bits per heavy atom. The third-order valence-corrected chi connectivity index (χ3v) is 5.70. The number of methoxy groups -OCH3 is 1. The van der Waals surface area contributed by atoms with Crippen molar-refractivity contribution in [2.24, 2.45) is 0 Å². The first-order valence-corrected chi connectivity index (χ1v) is 10.1. The van der Waals surface area contributed by atoms with Gasteiger partial charge in [-0.15, -0.1) is 0 Å². The summed E-state index contributed by atoms with van der Waals surface area (Å²) in [5, 5.41) is 0.918. The van der Waals surface area contributed by atoms with E-state index in [1.807, 2.05) is 19.1 Å². The lowest BCUT2D eigenvalue weighted by molar-refractivity contribution is 0.0526. The number of aromatic nitrogens is 2. The van der Waals surface area contributed by atoms with Gasteiger partial charge >= 0.3 is 5.97 Å². The van der Waals surface area contributed by atoms with Crippen LogP contribution >= 0.6 is 0 Å². The van der Waals surface area contributed by atoms with Gasteiger partial charge in [-0.2, -0.15) is 0 Å². The smallest absolute Gasteiger partial charge is 0.342 e. The average Bonchev–Trinajstić information content (AvgIpc) is 3.02. The minimum atomic E-state index is -0.399. The maximum atomic E-state index is 12.5. The van der Waals surface area contributed by atoms with Crippen LogP contribution in [0.3, 0.4) is 0 Å². The van der Waals surface area contributed by atoms with E-state index in [9.17, 15) is 4.79 Å². The molecule has 0 spiro atoms. The summed E-state index contributed by atoms with van der Waals surface area (Å²) in [5.74, 6) is 0.440. The summed E-state index contributed by atoms with van der Waals surface area (Å²) in [7, 11) is 1.67. The molecule has 0 aliphatic heterocycles. The van der Waals surface area contributed by atoms with Crippen LogP contribution in [0, 0.1) is 6.92 Å². The normalized spacial score (nSPS) is 13.3. The second kappa shape index (κ2) is 7.78. The average molecular weight is 393 g/mol. The number of benzene rings is 1. The third kappa shape index (κ3) is 3.33. The summed E-state index contributed by atoms with van der Waals surface area (Å²) in [6.45, 7) is 4.64. The van der Waals surface area contributed by atoms with Crippen LogP contribution in [0.5, 0.6) is 5.75 Å². The van der Waals surface area contributed by atoms with Gasteiger partial charge in [0, 0.05) is 17.6 Å². The number of carbonyl (C=O) groups excluding carboxylic acids is 1. The van der Waals surface area contributed by atoms with Gasteiger partial charge in [-0.05, 0) is 62.8 Å². The maximum Gasteiger partial charge on any atom is 0.342 e. The van der Waals surface area contributed by atoms with Gasteiger partial charge in [-0.1, -0.05) is 12.1 Å². The van der Waals surface area contributed by atoms with E-state index in [0.29, 0.717) is 30.1 Å². The van der Waals surface area contributed by atoms with E-state index >= 15 is 0 Å². The Labute approximate surface area is 170 Å². The molecule has 1 aliphatic carbocycles. The van der Waals surface area contributed by atoms with Crippen molar-refractivity contribution in [1.29, 1.82) is 0 Å². The van der Waals surface area contributed by atoms with E-state index in [1.165, 1.54) is 16.8 Å². The Balaban J connectivity index is 1.89. The highest BCUT2D eigenvalue weighted by atomic mass is 16.5. The number of carbonyl (C=O) groups is 1. The van der Waals surface area contributed by atoms with E-state index in [1.54, 1.807) is 14.0 Å². The molecule has 2 heterocycles. The Bertz CT molecular complexity index is 1070. The molecule has 0 unspecified atom stereocenters.